The van der Waals surface area contributed by atoms with Crippen molar-refractivity contribution in [1.82, 2.24) is 4.98 Å². The van der Waals surface area contributed by atoms with E-state index in [-0.39, 0.29) is 0 Å². The highest BCUT2D eigenvalue weighted by atomic mass is 35.5. The zero-order valence-electron chi connectivity index (χ0n) is 12.3. The van der Waals surface area contributed by atoms with Gasteiger partial charge in [0.05, 0.1) is 16.2 Å². The first-order valence-corrected chi connectivity index (χ1v) is 7.24. The molecule has 0 saturated carbocycles. The molecule has 0 spiro atoms. The van der Waals surface area contributed by atoms with E-state index in [9.17, 15) is 4.79 Å². The second-order valence-electron chi connectivity index (χ2n) is 5.46. The summed E-state index contributed by atoms with van der Waals surface area (Å²) in [5.74, 6) is 0. The molecule has 0 aliphatic rings. The number of hydrogen-bond acceptors (Lipinski definition) is 1. The summed E-state index contributed by atoms with van der Waals surface area (Å²) < 4.78 is 0. The molecule has 0 aliphatic heterocycles. The maximum Gasteiger partial charge on any atom is 0.152 e. The van der Waals surface area contributed by atoms with E-state index in [1.807, 2.05) is 32.9 Å². The molecular weight excluding hydrogens is 282 g/mol. The molecule has 1 aromatic heterocycles. The molecule has 0 saturated heterocycles. The summed E-state index contributed by atoms with van der Waals surface area (Å²) in [5, 5.41) is 1.41. The fourth-order valence-electron chi connectivity index (χ4n) is 2.76. The smallest absolute Gasteiger partial charge is 0.152 e. The van der Waals surface area contributed by atoms with Gasteiger partial charge in [0.25, 0.3) is 0 Å². The topological polar surface area (TPSA) is 32.9 Å². The summed E-state index contributed by atoms with van der Waals surface area (Å²) in [7, 11) is 0. The molecule has 2 nitrogen and oxygen atoms in total. The molecule has 0 radical (unpaired) electrons. The molecule has 1 heterocycles. The fourth-order valence-corrected chi connectivity index (χ4v) is 3.02. The van der Waals surface area contributed by atoms with Crippen LogP contribution in [0.2, 0.25) is 5.02 Å². The number of hydrogen-bond donors (Lipinski definition) is 1. The Kier molecular flexibility index (Phi) is 3.34. The SMILES string of the molecule is Cc1ccc(C)c(-c2[nH]c3c(C)ccc(Cl)c3c2C=O)c1. The molecule has 2 aromatic carbocycles. The van der Waals surface area contributed by atoms with Crippen LogP contribution in [0.5, 0.6) is 0 Å². The van der Waals surface area contributed by atoms with Crippen LogP contribution in [0.1, 0.15) is 27.0 Å². The molecule has 106 valence electrons. The molecule has 0 amide bonds. The van der Waals surface area contributed by atoms with Gasteiger partial charge in [0, 0.05) is 16.5 Å². The number of nitrogens with one attached hydrogen (secondary N) is 1. The van der Waals surface area contributed by atoms with Crippen LogP contribution in [-0.4, -0.2) is 11.3 Å². The van der Waals surface area contributed by atoms with Crippen LogP contribution in [0.15, 0.2) is 30.3 Å². The summed E-state index contributed by atoms with van der Waals surface area (Å²) >= 11 is 6.31. The van der Waals surface area contributed by atoms with E-state index >= 15 is 0 Å². The second-order valence-corrected chi connectivity index (χ2v) is 5.87. The number of aromatic nitrogens is 1. The van der Waals surface area contributed by atoms with Crippen LogP contribution in [0.4, 0.5) is 0 Å². The fraction of sp³-hybridized carbons (Fsp3) is 0.167. The normalized spacial score (nSPS) is 11.0. The standard InChI is InChI=1S/C18H16ClNO/c1-10-4-5-11(2)13(8-10)18-14(9-21)16-15(19)7-6-12(3)17(16)20-18/h4-9,20H,1-3H3. The van der Waals surface area contributed by atoms with Gasteiger partial charge in [-0.25, -0.2) is 0 Å². The van der Waals surface area contributed by atoms with Crippen molar-refractivity contribution in [2.45, 2.75) is 20.8 Å². The molecule has 0 fully saturated rings. The summed E-state index contributed by atoms with van der Waals surface area (Å²) in [4.78, 5) is 15.0. The second kappa shape index (κ2) is 5.05. The first-order valence-electron chi connectivity index (χ1n) is 6.86. The van der Waals surface area contributed by atoms with E-state index in [4.69, 9.17) is 11.6 Å². The Hall–Kier alpha value is -2.06. The number of fused-ring (bicyclic) bond motifs is 1. The average molecular weight is 298 g/mol. The van der Waals surface area contributed by atoms with E-state index in [2.05, 4.69) is 23.2 Å². The largest absolute Gasteiger partial charge is 0.354 e. The van der Waals surface area contributed by atoms with Crippen molar-refractivity contribution in [3.63, 3.8) is 0 Å². The maximum absolute atomic E-state index is 11.7. The quantitative estimate of drug-likeness (QED) is 0.646. The van der Waals surface area contributed by atoms with E-state index in [1.165, 1.54) is 0 Å². The number of rotatable bonds is 2. The first-order chi connectivity index (χ1) is 10.0. The van der Waals surface area contributed by atoms with Gasteiger partial charge in [-0.05, 0) is 44.0 Å². The molecular formula is C18H16ClNO. The van der Waals surface area contributed by atoms with Gasteiger partial charge in [0.2, 0.25) is 0 Å². The Labute approximate surface area is 128 Å². The highest BCUT2D eigenvalue weighted by Gasteiger charge is 2.17. The van der Waals surface area contributed by atoms with E-state index in [0.29, 0.717) is 10.6 Å². The number of aldehydes is 1. The predicted octanol–water partition coefficient (Wildman–Crippen LogP) is 5.23. The van der Waals surface area contributed by atoms with Gasteiger partial charge in [0.15, 0.2) is 6.29 Å². The third-order valence-electron chi connectivity index (χ3n) is 3.93. The Morgan fingerprint density at radius 1 is 1.05 bits per heavy atom. The van der Waals surface area contributed by atoms with Gasteiger partial charge in [-0.1, -0.05) is 35.4 Å². The first kappa shape index (κ1) is 13.9. The molecule has 3 rings (SSSR count). The summed E-state index contributed by atoms with van der Waals surface area (Å²) in [6, 6.07) is 10.0. The van der Waals surface area contributed by atoms with Crippen LogP contribution in [-0.2, 0) is 0 Å². The van der Waals surface area contributed by atoms with Crippen LogP contribution < -0.4 is 0 Å². The van der Waals surface area contributed by atoms with Crippen molar-refractivity contribution >= 4 is 28.8 Å². The van der Waals surface area contributed by atoms with Crippen LogP contribution >= 0.6 is 11.6 Å². The molecule has 1 N–H and O–H groups in total. The lowest BCUT2D eigenvalue weighted by Crippen LogP contribution is -1.89. The number of carbonyl (C=O) groups excluding carboxylic acids is 1. The Bertz CT molecular complexity index is 861. The third kappa shape index (κ3) is 2.16. The predicted molar refractivity (Wildman–Crippen MR) is 88.3 cm³/mol. The molecule has 21 heavy (non-hydrogen) atoms. The van der Waals surface area contributed by atoms with Gasteiger partial charge in [-0.15, -0.1) is 0 Å². The summed E-state index contributed by atoms with van der Waals surface area (Å²) in [5.41, 5.74) is 6.82. The van der Waals surface area contributed by atoms with Crippen molar-refractivity contribution < 1.29 is 4.79 Å². The van der Waals surface area contributed by atoms with Gasteiger partial charge in [-0.2, -0.15) is 0 Å². The zero-order chi connectivity index (χ0) is 15.1. The third-order valence-corrected chi connectivity index (χ3v) is 4.25. The molecule has 0 aliphatic carbocycles. The van der Waals surface area contributed by atoms with Crippen molar-refractivity contribution in [3.05, 3.63) is 57.6 Å². The van der Waals surface area contributed by atoms with Crippen molar-refractivity contribution in [1.29, 1.82) is 0 Å². The monoisotopic (exact) mass is 297 g/mol. The zero-order valence-corrected chi connectivity index (χ0v) is 13.0. The Morgan fingerprint density at radius 2 is 1.76 bits per heavy atom. The number of aryl methyl sites for hydroxylation is 3. The highest BCUT2D eigenvalue weighted by Crippen LogP contribution is 2.36. The summed E-state index contributed by atoms with van der Waals surface area (Å²) in [6.45, 7) is 6.10. The molecule has 0 unspecified atom stereocenters. The van der Waals surface area contributed by atoms with E-state index in [0.717, 1.165) is 45.1 Å². The lowest BCUT2D eigenvalue weighted by atomic mass is 9.99. The average Bonchev–Trinajstić information content (AvgIpc) is 2.86. The number of halogens is 1. The number of carbonyl (C=O) groups is 1. The van der Waals surface area contributed by atoms with Crippen molar-refractivity contribution in [2.24, 2.45) is 0 Å². The highest BCUT2D eigenvalue weighted by molar-refractivity contribution is 6.37. The van der Waals surface area contributed by atoms with Crippen molar-refractivity contribution in [3.8, 4) is 11.3 Å². The number of benzene rings is 2. The molecule has 3 aromatic rings. The van der Waals surface area contributed by atoms with E-state index in [1.54, 1.807) is 0 Å². The summed E-state index contributed by atoms with van der Waals surface area (Å²) in [6.07, 6.45) is 0.890. The molecule has 3 heteroatoms. The lowest BCUT2D eigenvalue weighted by Gasteiger charge is -2.06. The van der Waals surface area contributed by atoms with Gasteiger partial charge >= 0.3 is 0 Å². The molecule has 0 bridgehead atoms. The van der Waals surface area contributed by atoms with Crippen LogP contribution in [0.25, 0.3) is 22.2 Å². The van der Waals surface area contributed by atoms with Crippen LogP contribution in [0, 0.1) is 20.8 Å². The minimum absolute atomic E-state index is 0.602. The van der Waals surface area contributed by atoms with Gasteiger partial charge in [0.1, 0.15) is 0 Å². The van der Waals surface area contributed by atoms with Gasteiger partial charge < -0.3 is 4.98 Å². The lowest BCUT2D eigenvalue weighted by molar-refractivity contribution is 0.112. The molecule has 0 atom stereocenters. The number of aromatic amines is 1. The minimum atomic E-state index is 0.602. The minimum Gasteiger partial charge on any atom is -0.354 e. The van der Waals surface area contributed by atoms with Crippen LogP contribution in [0.3, 0.4) is 0 Å². The van der Waals surface area contributed by atoms with Gasteiger partial charge in [-0.3, -0.25) is 4.79 Å². The van der Waals surface area contributed by atoms with E-state index < -0.39 is 0 Å². The maximum atomic E-state index is 11.7. The van der Waals surface area contributed by atoms with Crippen molar-refractivity contribution in [2.75, 3.05) is 0 Å². The Balaban J connectivity index is 2.43. The Morgan fingerprint density at radius 3 is 2.48 bits per heavy atom. The number of H-pyrrole nitrogens is 1.